The molecule has 3 aliphatic carbocycles. The minimum absolute atomic E-state index is 0.138. The quantitative estimate of drug-likeness (QED) is 0.176. The summed E-state index contributed by atoms with van der Waals surface area (Å²) in [5.74, 6) is -6.23. The van der Waals surface area contributed by atoms with Gasteiger partial charge in [-0.1, -0.05) is 32.4 Å². The van der Waals surface area contributed by atoms with Crippen LogP contribution >= 0.6 is 0 Å². The summed E-state index contributed by atoms with van der Waals surface area (Å²) in [7, 11) is 0. The van der Waals surface area contributed by atoms with E-state index in [9.17, 15) is 44.4 Å². The van der Waals surface area contributed by atoms with E-state index >= 15 is 0 Å². The van der Waals surface area contributed by atoms with Crippen molar-refractivity contribution in [2.24, 2.45) is 39.4 Å². The van der Waals surface area contributed by atoms with E-state index < -0.39 is 86.8 Å². The lowest BCUT2D eigenvalue weighted by Gasteiger charge is -2.63. The third-order valence-electron chi connectivity index (χ3n) is 11.1. The molecule has 8 unspecified atom stereocenters. The van der Waals surface area contributed by atoms with Crippen molar-refractivity contribution in [3.63, 3.8) is 0 Å². The molecule has 0 aromatic carbocycles. The molecule has 0 aliphatic heterocycles. The van der Waals surface area contributed by atoms with Gasteiger partial charge in [-0.25, -0.2) is 0 Å². The highest BCUT2D eigenvalue weighted by Gasteiger charge is 2.74. The van der Waals surface area contributed by atoms with Crippen LogP contribution in [0.5, 0.6) is 0 Å². The standard InChI is InChI=1S/C32H46O10/c1-17(33)42-27(2,3)13-12-22(35)32(9,41)25-20(34)15-29(6)21-11-10-18(28(4,5)26(39)40)19(14-24(37)38)31(21,8)23(36)16-30(25,29)7/h10,12-13,19-21,25,34,41H,11,14-16H2,1-9H3,(H,37,38)(H,39,40)/b13-12+. The van der Waals surface area contributed by atoms with Gasteiger partial charge in [-0.15, -0.1) is 0 Å². The van der Waals surface area contributed by atoms with Crippen molar-refractivity contribution in [3.05, 3.63) is 23.8 Å². The van der Waals surface area contributed by atoms with Crippen LogP contribution < -0.4 is 0 Å². The number of carbonyl (C=O) groups is 5. The molecule has 0 radical (unpaired) electrons. The van der Waals surface area contributed by atoms with E-state index in [2.05, 4.69) is 0 Å². The van der Waals surface area contributed by atoms with E-state index in [0.717, 1.165) is 6.08 Å². The Bertz CT molecular complexity index is 1260. The predicted molar refractivity (Wildman–Crippen MR) is 152 cm³/mol. The number of aliphatic carboxylic acids is 2. The number of aliphatic hydroxyl groups excluding tert-OH is 1. The van der Waals surface area contributed by atoms with Crippen molar-refractivity contribution in [2.45, 2.75) is 105 Å². The number of esters is 1. The molecule has 2 saturated carbocycles. The Morgan fingerprint density at radius 2 is 1.62 bits per heavy atom. The third-order valence-corrected chi connectivity index (χ3v) is 11.1. The number of fused-ring (bicyclic) bond motifs is 3. The van der Waals surface area contributed by atoms with Crippen molar-refractivity contribution < 1.29 is 49.1 Å². The second kappa shape index (κ2) is 10.4. The van der Waals surface area contributed by atoms with E-state index in [0.29, 0.717) is 5.57 Å². The molecular formula is C32H46O10. The maximum Gasteiger partial charge on any atom is 0.313 e. The Kier molecular flexibility index (Phi) is 8.33. The van der Waals surface area contributed by atoms with Gasteiger partial charge in [-0.2, -0.15) is 0 Å². The van der Waals surface area contributed by atoms with Gasteiger partial charge in [0.05, 0.1) is 17.9 Å². The third kappa shape index (κ3) is 5.04. The Morgan fingerprint density at radius 3 is 2.12 bits per heavy atom. The lowest BCUT2D eigenvalue weighted by Crippen LogP contribution is -2.64. The monoisotopic (exact) mass is 590 g/mol. The molecule has 0 saturated heterocycles. The number of hydrogen-bond acceptors (Lipinski definition) is 8. The summed E-state index contributed by atoms with van der Waals surface area (Å²) >= 11 is 0. The second-order valence-electron chi connectivity index (χ2n) is 14.5. The fourth-order valence-corrected chi connectivity index (χ4v) is 8.76. The first kappa shape index (κ1) is 33.6. The van der Waals surface area contributed by atoms with Crippen molar-refractivity contribution in [1.29, 1.82) is 0 Å². The summed E-state index contributed by atoms with van der Waals surface area (Å²) in [6.45, 7) is 14.2. The minimum Gasteiger partial charge on any atom is -0.481 e. The second-order valence-corrected chi connectivity index (χ2v) is 14.5. The zero-order valence-corrected chi connectivity index (χ0v) is 26.1. The molecule has 0 aromatic rings. The SMILES string of the molecule is CC(=O)OC(C)(C)/C=C/C(=O)C(C)(O)C1C(O)CC2(C)C3CC=C(C(C)(C)C(=O)O)C(CC(=O)O)C3(C)C(=O)CC12C. The van der Waals surface area contributed by atoms with Gasteiger partial charge in [0, 0.05) is 30.6 Å². The molecule has 2 fully saturated rings. The van der Waals surface area contributed by atoms with E-state index in [1.807, 2.05) is 6.92 Å². The van der Waals surface area contributed by atoms with Gasteiger partial charge >= 0.3 is 17.9 Å². The lowest BCUT2D eigenvalue weighted by atomic mass is 9.39. The van der Waals surface area contributed by atoms with Crippen LogP contribution in [0.3, 0.4) is 0 Å². The van der Waals surface area contributed by atoms with E-state index in [-0.39, 0.29) is 25.0 Å². The molecule has 10 nitrogen and oxygen atoms in total. The Balaban J connectivity index is 2.12. The van der Waals surface area contributed by atoms with Crippen LogP contribution in [0.25, 0.3) is 0 Å². The summed E-state index contributed by atoms with van der Waals surface area (Å²) in [6, 6.07) is 0. The van der Waals surface area contributed by atoms with Gasteiger partial charge in [0.15, 0.2) is 5.78 Å². The summed E-state index contributed by atoms with van der Waals surface area (Å²) in [5, 5.41) is 43.1. The van der Waals surface area contributed by atoms with E-state index in [4.69, 9.17) is 4.74 Å². The molecule has 10 heteroatoms. The molecule has 4 N–H and O–H groups in total. The molecule has 0 spiro atoms. The number of carboxylic acid groups (broad SMARTS) is 2. The van der Waals surface area contributed by atoms with Crippen LogP contribution in [0.2, 0.25) is 0 Å². The van der Waals surface area contributed by atoms with Crippen LogP contribution in [0.15, 0.2) is 23.8 Å². The maximum atomic E-state index is 14.3. The number of aliphatic hydroxyl groups is 2. The lowest BCUT2D eigenvalue weighted by molar-refractivity contribution is -0.182. The highest BCUT2D eigenvalue weighted by Crippen LogP contribution is 2.73. The zero-order valence-electron chi connectivity index (χ0n) is 26.1. The predicted octanol–water partition coefficient (Wildman–Crippen LogP) is 3.72. The smallest absolute Gasteiger partial charge is 0.313 e. The molecule has 234 valence electrons. The van der Waals surface area contributed by atoms with Gasteiger partial charge in [-0.3, -0.25) is 24.0 Å². The fourth-order valence-electron chi connectivity index (χ4n) is 8.76. The summed E-state index contributed by atoms with van der Waals surface area (Å²) in [6.07, 6.45) is 2.95. The number of ether oxygens (including phenoxy) is 1. The summed E-state index contributed by atoms with van der Waals surface area (Å²) in [4.78, 5) is 63.5. The highest BCUT2D eigenvalue weighted by atomic mass is 16.6. The first-order valence-electron chi connectivity index (χ1n) is 14.4. The molecule has 8 atom stereocenters. The van der Waals surface area contributed by atoms with E-state index in [1.54, 1.807) is 33.8 Å². The van der Waals surface area contributed by atoms with Gasteiger partial charge in [-0.05, 0) is 76.4 Å². The normalized spacial score (nSPS) is 36.5. The fraction of sp³-hybridized carbons (Fsp3) is 0.719. The van der Waals surface area contributed by atoms with Gasteiger partial charge in [0.2, 0.25) is 0 Å². The van der Waals surface area contributed by atoms with Crippen LogP contribution in [-0.4, -0.2) is 67.2 Å². The largest absolute Gasteiger partial charge is 0.481 e. The average Bonchev–Trinajstić information content (AvgIpc) is 3.02. The molecular weight excluding hydrogens is 544 g/mol. The topological polar surface area (TPSA) is 176 Å². The zero-order chi connectivity index (χ0) is 32.4. The molecule has 42 heavy (non-hydrogen) atoms. The molecule has 3 aliphatic rings. The molecule has 0 heterocycles. The van der Waals surface area contributed by atoms with Crippen LogP contribution in [0, 0.1) is 39.4 Å². The van der Waals surface area contributed by atoms with Crippen LogP contribution in [0.1, 0.15) is 88.0 Å². The number of Topliss-reactive ketones (excluding diaryl/α,β-unsaturated/α-hetero) is 1. The van der Waals surface area contributed by atoms with Crippen molar-refractivity contribution in [3.8, 4) is 0 Å². The van der Waals surface area contributed by atoms with E-state index in [1.165, 1.54) is 33.8 Å². The average molecular weight is 591 g/mol. The number of rotatable bonds is 9. The minimum atomic E-state index is -2.09. The first-order chi connectivity index (χ1) is 18.9. The van der Waals surface area contributed by atoms with Gasteiger partial charge in [0.1, 0.15) is 17.0 Å². The molecule has 0 aromatic heterocycles. The van der Waals surface area contributed by atoms with Gasteiger partial charge in [0.25, 0.3) is 0 Å². The number of carbonyl (C=O) groups excluding carboxylic acids is 3. The molecule has 0 bridgehead atoms. The number of hydrogen-bond donors (Lipinski definition) is 4. The Hall–Kier alpha value is -2.85. The Morgan fingerprint density at radius 1 is 1.05 bits per heavy atom. The molecule has 3 rings (SSSR count). The summed E-state index contributed by atoms with van der Waals surface area (Å²) in [5.41, 5.74) is -7.36. The molecule has 0 amide bonds. The Labute approximate surface area is 247 Å². The maximum absolute atomic E-state index is 14.3. The van der Waals surface area contributed by atoms with Crippen LogP contribution in [-0.2, 0) is 28.7 Å². The van der Waals surface area contributed by atoms with Crippen LogP contribution in [0.4, 0.5) is 0 Å². The number of ketones is 2. The number of allylic oxidation sites excluding steroid dienone is 1. The van der Waals surface area contributed by atoms with Crippen molar-refractivity contribution in [1.82, 2.24) is 0 Å². The summed E-state index contributed by atoms with van der Waals surface area (Å²) < 4.78 is 5.20. The van der Waals surface area contributed by atoms with Crippen molar-refractivity contribution >= 4 is 29.5 Å². The number of carboxylic acids is 2. The van der Waals surface area contributed by atoms with Crippen molar-refractivity contribution in [2.75, 3.05) is 0 Å². The highest BCUT2D eigenvalue weighted by molar-refractivity contribution is 5.97. The van der Waals surface area contributed by atoms with Gasteiger partial charge < -0.3 is 25.2 Å². The first-order valence-corrected chi connectivity index (χ1v) is 14.4.